The summed E-state index contributed by atoms with van der Waals surface area (Å²) in [5.74, 6) is 1.61. The first kappa shape index (κ1) is 6.11. The van der Waals surface area contributed by atoms with E-state index in [1.807, 2.05) is 0 Å². The zero-order valence-electron chi connectivity index (χ0n) is 5.92. The topological polar surface area (TPSA) is 29.4 Å². The fraction of sp³-hybridized carbons (Fsp3) is 0.875. The van der Waals surface area contributed by atoms with Crippen LogP contribution in [0.3, 0.4) is 0 Å². The second kappa shape index (κ2) is 2.21. The van der Waals surface area contributed by atoms with Gasteiger partial charge in [0.1, 0.15) is 0 Å². The van der Waals surface area contributed by atoms with Gasteiger partial charge < -0.3 is 0 Å². The van der Waals surface area contributed by atoms with Gasteiger partial charge in [-0.05, 0) is 31.1 Å². The number of fused-ring (bicyclic) bond motifs is 2. The molecule has 2 nitrogen and oxygen atoms in total. The fourth-order valence-corrected chi connectivity index (χ4v) is 2.44. The van der Waals surface area contributed by atoms with E-state index in [-0.39, 0.29) is 0 Å². The molecule has 0 aromatic heterocycles. The lowest BCUT2D eigenvalue weighted by atomic mass is 9.96. The van der Waals surface area contributed by atoms with E-state index in [9.17, 15) is 4.79 Å². The molecule has 0 aliphatic heterocycles. The standard InChI is InChI=1S/C8H11NO/c10-5-9-8-4-6-1-2-7(8)3-6/h6-8H,1-4H2/t6-,7-,8-/m1/s1. The van der Waals surface area contributed by atoms with Crippen LogP contribution >= 0.6 is 0 Å². The molecule has 0 amide bonds. The summed E-state index contributed by atoms with van der Waals surface area (Å²) in [6, 6.07) is 0.344. The van der Waals surface area contributed by atoms with Gasteiger partial charge in [-0.2, -0.15) is 0 Å². The molecule has 2 heteroatoms. The highest BCUT2D eigenvalue weighted by Crippen LogP contribution is 2.45. The van der Waals surface area contributed by atoms with Crippen LogP contribution < -0.4 is 0 Å². The van der Waals surface area contributed by atoms with Crippen LogP contribution in [-0.4, -0.2) is 12.1 Å². The zero-order valence-corrected chi connectivity index (χ0v) is 5.92. The average Bonchev–Trinajstić information content (AvgIpc) is 2.48. The summed E-state index contributed by atoms with van der Waals surface area (Å²) < 4.78 is 0. The third-order valence-corrected chi connectivity index (χ3v) is 2.92. The van der Waals surface area contributed by atoms with Gasteiger partial charge in [-0.3, -0.25) is 0 Å². The quantitative estimate of drug-likeness (QED) is 0.398. The predicted molar refractivity (Wildman–Crippen MR) is 37.4 cm³/mol. The van der Waals surface area contributed by atoms with Gasteiger partial charge in [0.05, 0.1) is 6.04 Å². The molecule has 2 aliphatic carbocycles. The Morgan fingerprint density at radius 1 is 1.30 bits per heavy atom. The molecule has 0 N–H and O–H groups in total. The highest BCUT2D eigenvalue weighted by Gasteiger charge is 2.39. The van der Waals surface area contributed by atoms with Gasteiger partial charge in [0.15, 0.2) is 0 Å². The van der Waals surface area contributed by atoms with Gasteiger partial charge in [-0.15, -0.1) is 0 Å². The summed E-state index contributed by atoms with van der Waals surface area (Å²) in [6.45, 7) is 0. The first-order valence-corrected chi connectivity index (χ1v) is 3.97. The molecule has 0 spiro atoms. The normalized spacial score (nSPS) is 43.4. The van der Waals surface area contributed by atoms with Crippen LogP contribution in [0, 0.1) is 11.8 Å². The highest BCUT2D eigenvalue weighted by atomic mass is 16.1. The van der Waals surface area contributed by atoms with Crippen molar-refractivity contribution in [3.05, 3.63) is 0 Å². The molecule has 2 fully saturated rings. The van der Waals surface area contributed by atoms with Gasteiger partial charge >= 0.3 is 0 Å². The Hall–Kier alpha value is -0.620. The van der Waals surface area contributed by atoms with Crippen molar-refractivity contribution < 1.29 is 4.79 Å². The van der Waals surface area contributed by atoms with Crippen molar-refractivity contribution >= 4 is 6.08 Å². The summed E-state index contributed by atoms with van der Waals surface area (Å²) in [5.41, 5.74) is 0. The first-order valence-electron chi connectivity index (χ1n) is 3.97. The summed E-state index contributed by atoms with van der Waals surface area (Å²) in [7, 11) is 0. The van der Waals surface area contributed by atoms with E-state index in [2.05, 4.69) is 4.99 Å². The molecule has 2 saturated carbocycles. The Bertz CT molecular complexity index is 184. The number of carbonyl (C=O) groups excluding carboxylic acids is 1. The van der Waals surface area contributed by atoms with E-state index >= 15 is 0 Å². The highest BCUT2D eigenvalue weighted by molar-refractivity contribution is 5.34. The molecule has 10 heavy (non-hydrogen) atoms. The van der Waals surface area contributed by atoms with Crippen LogP contribution in [0.5, 0.6) is 0 Å². The molecule has 0 aromatic carbocycles. The van der Waals surface area contributed by atoms with E-state index in [1.165, 1.54) is 19.3 Å². The number of rotatable bonds is 1. The van der Waals surface area contributed by atoms with Gasteiger partial charge in [0, 0.05) is 0 Å². The largest absolute Gasteiger partial charge is 0.235 e. The predicted octanol–water partition coefficient (Wildman–Crippen LogP) is 1.51. The van der Waals surface area contributed by atoms with Crippen molar-refractivity contribution in [1.29, 1.82) is 0 Å². The lowest BCUT2D eigenvalue weighted by Crippen LogP contribution is -2.13. The lowest BCUT2D eigenvalue weighted by Gasteiger charge is -2.14. The van der Waals surface area contributed by atoms with Gasteiger partial charge in [-0.25, -0.2) is 9.79 Å². The van der Waals surface area contributed by atoms with Crippen molar-refractivity contribution in [1.82, 2.24) is 0 Å². The SMILES string of the molecule is O=C=N[C@@H]1C[C@@H]2CC[C@@H]1C2. The average molecular weight is 137 g/mol. The van der Waals surface area contributed by atoms with Crippen LogP contribution in [0.15, 0.2) is 4.99 Å². The minimum atomic E-state index is 0.344. The van der Waals surface area contributed by atoms with Crippen molar-refractivity contribution in [3.8, 4) is 0 Å². The van der Waals surface area contributed by atoms with Crippen LogP contribution in [-0.2, 0) is 4.79 Å². The minimum Gasteiger partial charge on any atom is -0.211 e. The third-order valence-electron chi connectivity index (χ3n) is 2.92. The molecule has 0 saturated heterocycles. The summed E-state index contributed by atoms with van der Waals surface area (Å²) in [4.78, 5) is 13.7. The molecular weight excluding hydrogens is 126 g/mol. The first-order chi connectivity index (χ1) is 4.90. The smallest absolute Gasteiger partial charge is 0.211 e. The molecule has 2 aliphatic rings. The molecule has 3 atom stereocenters. The second-order valence-corrected chi connectivity index (χ2v) is 3.46. The number of nitrogens with zero attached hydrogens (tertiary/aromatic N) is 1. The van der Waals surface area contributed by atoms with Crippen LogP contribution in [0.2, 0.25) is 0 Å². The maximum atomic E-state index is 9.95. The summed E-state index contributed by atoms with van der Waals surface area (Å²) in [5, 5.41) is 0. The summed E-state index contributed by atoms with van der Waals surface area (Å²) >= 11 is 0. The van der Waals surface area contributed by atoms with Crippen LogP contribution in [0.25, 0.3) is 0 Å². The second-order valence-electron chi connectivity index (χ2n) is 3.46. The molecule has 0 unspecified atom stereocenters. The van der Waals surface area contributed by atoms with E-state index in [0.29, 0.717) is 6.04 Å². The molecule has 0 heterocycles. The molecule has 0 aromatic rings. The number of aliphatic imine (C=N–C) groups is 1. The van der Waals surface area contributed by atoms with E-state index < -0.39 is 0 Å². The van der Waals surface area contributed by atoms with Crippen molar-refractivity contribution in [2.75, 3.05) is 0 Å². The zero-order chi connectivity index (χ0) is 6.97. The number of isocyanates is 1. The Morgan fingerprint density at radius 2 is 2.20 bits per heavy atom. The number of hydrogen-bond acceptors (Lipinski definition) is 2. The molecule has 54 valence electrons. The molecule has 2 rings (SSSR count). The Labute approximate surface area is 60.3 Å². The number of hydrogen-bond donors (Lipinski definition) is 0. The van der Waals surface area contributed by atoms with Gasteiger partial charge in [0.25, 0.3) is 0 Å². The molecule has 0 radical (unpaired) electrons. The fourth-order valence-electron chi connectivity index (χ4n) is 2.44. The maximum absolute atomic E-state index is 9.95. The molecule has 2 bridgehead atoms. The van der Waals surface area contributed by atoms with E-state index in [0.717, 1.165) is 18.3 Å². The maximum Gasteiger partial charge on any atom is 0.235 e. The Morgan fingerprint density at radius 3 is 2.70 bits per heavy atom. The Balaban J connectivity index is 2.08. The van der Waals surface area contributed by atoms with Gasteiger partial charge in [-0.1, -0.05) is 6.42 Å². The van der Waals surface area contributed by atoms with E-state index in [4.69, 9.17) is 0 Å². The Kier molecular flexibility index (Phi) is 1.35. The lowest BCUT2D eigenvalue weighted by molar-refractivity contribution is 0.417. The van der Waals surface area contributed by atoms with Crippen LogP contribution in [0.1, 0.15) is 25.7 Å². The van der Waals surface area contributed by atoms with Crippen molar-refractivity contribution in [3.63, 3.8) is 0 Å². The third kappa shape index (κ3) is 0.800. The van der Waals surface area contributed by atoms with Crippen LogP contribution in [0.4, 0.5) is 0 Å². The summed E-state index contributed by atoms with van der Waals surface area (Å²) in [6.07, 6.45) is 6.80. The molecular formula is C8H11NO. The monoisotopic (exact) mass is 137 g/mol. The van der Waals surface area contributed by atoms with Crippen molar-refractivity contribution in [2.24, 2.45) is 16.8 Å². The van der Waals surface area contributed by atoms with Gasteiger partial charge in [0.2, 0.25) is 6.08 Å². The van der Waals surface area contributed by atoms with E-state index in [1.54, 1.807) is 6.08 Å². The van der Waals surface area contributed by atoms with Crippen molar-refractivity contribution in [2.45, 2.75) is 31.7 Å². The minimum absolute atomic E-state index is 0.344.